The second kappa shape index (κ2) is 8.45. The van der Waals surface area contributed by atoms with E-state index in [1.54, 1.807) is 0 Å². The SMILES string of the molecule is O=C1c2ccc3c4c(ccc(c24)C(=O)N1NCCO)C(=O)N(C(CO)Cc1ccccc1)C3=O. The molecule has 9 heteroatoms. The van der Waals surface area contributed by atoms with E-state index in [1.165, 1.54) is 24.3 Å². The topological polar surface area (TPSA) is 127 Å². The van der Waals surface area contributed by atoms with Gasteiger partial charge < -0.3 is 10.2 Å². The fourth-order valence-corrected chi connectivity index (χ4v) is 4.65. The van der Waals surface area contributed by atoms with Crippen molar-refractivity contribution < 1.29 is 29.4 Å². The fraction of sp³-hybridized carbons (Fsp3) is 0.200. The van der Waals surface area contributed by atoms with Gasteiger partial charge in [0.1, 0.15) is 0 Å². The zero-order chi connectivity index (χ0) is 24.0. The van der Waals surface area contributed by atoms with Gasteiger partial charge in [0.05, 0.1) is 30.4 Å². The van der Waals surface area contributed by atoms with Crippen molar-refractivity contribution in [3.05, 3.63) is 82.4 Å². The minimum atomic E-state index is -0.778. The first-order valence-electron chi connectivity index (χ1n) is 10.8. The Morgan fingerprint density at radius 2 is 1.21 bits per heavy atom. The van der Waals surface area contributed by atoms with E-state index >= 15 is 0 Å². The summed E-state index contributed by atoms with van der Waals surface area (Å²) in [4.78, 5) is 54.0. The van der Waals surface area contributed by atoms with E-state index in [-0.39, 0.29) is 52.6 Å². The first-order chi connectivity index (χ1) is 16.5. The Labute approximate surface area is 194 Å². The molecule has 0 saturated heterocycles. The van der Waals surface area contributed by atoms with Crippen molar-refractivity contribution in [2.24, 2.45) is 0 Å². The zero-order valence-corrected chi connectivity index (χ0v) is 18.0. The molecule has 1 unspecified atom stereocenters. The largest absolute Gasteiger partial charge is 0.395 e. The number of hydrogen-bond donors (Lipinski definition) is 3. The number of aliphatic hydroxyl groups is 2. The molecule has 2 heterocycles. The molecule has 172 valence electrons. The van der Waals surface area contributed by atoms with Crippen molar-refractivity contribution in [1.82, 2.24) is 15.3 Å². The number of rotatable bonds is 7. The molecule has 1 atom stereocenters. The molecule has 2 aliphatic rings. The molecule has 0 bridgehead atoms. The molecule has 3 aromatic rings. The molecule has 0 radical (unpaired) electrons. The highest BCUT2D eigenvalue weighted by Crippen LogP contribution is 2.38. The zero-order valence-electron chi connectivity index (χ0n) is 18.0. The van der Waals surface area contributed by atoms with Crippen molar-refractivity contribution in [2.45, 2.75) is 12.5 Å². The highest BCUT2D eigenvalue weighted by atomic mass is 16.3. The highest BCUT2D eigenvalue weighted by Gasteiger charge is 2.41. The van der Waals surface area contributed by atoms with Crippen molar-refractivity contribution in [3.8, 4) is 0 Å². The summed E-state index contributed by atoms with van der Waals surface area (Å²) in [5.41, 5.74) is 4.21. The standard InChI is InChI=1S/C25H21N3O6/c29-11-10-26-28-24(33)18-8-6-16-20-17(7-9-19(21(18)20)25(28)34)23(32)27(22(16)31)15(13-30)12-14-4-2-1-3-5-14/h1-9,15,26,29-30H,10-13H2. The number of carbonyl (C=O) groups excluding carboxylic acids is 4. The lowest BCUT2D eigenvalue weighted by Gasteiger charge is -2.35. The summed E-state index contributed by atoms with van der Waals surface area (Å²) >= 11 is 0. The van der Waals surface area contributed by atoms with Crippen LogP contribution in [-0.4, -0.2) is 69.6 Å². The molecule has 5 rings (SSSR count). The Balaban J connectivity index is 1.61. The third-order valence-electron chi connectivity index (χ3n) is 6.20. The van der Waals surface area contributed by atoms with Gasteiger partial charge in [-0.1, -0.05) is 30.3 Å². The number of aliphatic hydroxyl groups excluding tert-OH is 2. The second-order valence-corrected chi connectivity index (χ2v) is 8.16. The molecular weight excluding hydrogens is 438 g/mol. The van der Waals surface area contributed by atoms with Crippen LogP contribution in [0.3, 0.4) is 0 Å². The van der Waals surface area contributed by atoms with Gasteiger partial charge in [0.15, 0.2) is 0 Å². The predicted molar refractivity (Wildman–Crippen MR) is 121 cm³/mol. The van der Waals surface area contributed by atoms with Crippen LogP contribution >= 0.6 is 0 Å². The lowest BCUT2D eigenvalue weighted by Crippen LogP contribution is -2.51. The van der Waals surface area contributed by atoms with Crippen LogP contribution in [0.15, 0.2) is 54.6 Å². The third kappa shape index (κ3) is 3.21. The molecule has 0 spiro atoms. The number of benzene rings is 3. The summed E-state index contributed by atoms with van der Waals surface area (Å²) in [7, 11) is 0. The Hall–Kier alpha value is -3.92. The van der Waals surface area contributed by atoms with Crippen LogP contribution in [-0.2, 0) is 6.42 Å². The number of hydrogen-bond acceptors (Lipinski definition) is 7. The number of carbonyl (C=O) groups is 4. The van der Waals surface area contributed by atoms with Crippen molar-refractivity contribution >= 4 is 34.4 Å². The second-order valence-electron chi connectivity index (χ2n) is 8.16. The summed E-state index contributed by atoms with van der Waals surface area (Å²) < 4.78 is 0. The van der Waals surface area contributed by atoms with Crippen LogP contribution in [0.2, 0.25) is 0 Å². The monoisotopic (exact) mass is 459 g/mol. The first kappa shape index (κ1) is 21.9. The molecule has 9 nitrogen and oxygen atoms in total. The summed E-state index contributed by atoms with van der Waals surface area (Å²) in [5, 5.41) is 20.5. The average Bonchev–Trinajstić information content (AvgIpc) is 2.86. The number of hydrazine groups is 1. The Morgan fingerprint density at radius 1 is 0.706 bits per heavy atom. The van der Waals surface area contributed by atoms with Gasteiger partial charge >= 0.3 is 0 Å². The summed E-state index contributed by atoms with van der Waals surface area (Å²) in [6, 6.07) is 14.3. The van der Waals surface area contributed by atoms with Gasteiger partial charge in [-0.05, 0) is 36.2 Å². The smallest absolute Gasteiger partial charge is 0.275 e. The maximum atomic E-state index is 13.5. The summed E-state index contributed by atoms with van der Waals surface area (Å²) in [6.45, 7) is -0.684. The van der Waals surface area contributed by atoms with E-state index in [2.05, 4.69) is 5.43 Å². The van der Waals surface area contributed by atoms with Gasteiger partial charge in [0.25, 0.3) is 23.6 Å². The lowest BCUT2D eigenvalue weighted by atomic mass is 9.85. The van der Waals surface area contributed by atoms with Crippen molar-refractivity contribution in [3.63, 3.8) is 0 Å². The Kier molecular flexibility index (Phi) is 5.45. The maximum Gasteiger partial charge on any atom is 0.275 e. The van der Waals surface area contributed by atoms with Gasteiger partial charge in [-0.3, -0.25) is 24.1 Å². The normalized spacial score (nSPS) is 15.9. The molecule has 3 N–H and O–H groups in total. The minimum absolute atomic E-state index is 0.00200. The number of amides is 4. The number of imide groups is 2. The van der Waals surface area contributed by atoms with E-state index in [1.807, 2.05) is 30.3 Å². The van der Waals surface area contributed by atoms with Gasteiger partial charge in [-0.15, -0.1) is 0 Å². The van der Waals surface area contributed by atoms with Gasteiger partial charge in [-0.2, -0.15) is 0 Å². The lowest BCUT2D eigenvalue weighted by molar-refractivity contribution is 0.0462. The molecule has 2 aliphatic heterocycles. The molecule has 0 fully saturated rings. The van der Waals surface area contributed by atoms with Crippen LogP contribution in [0.25, 0.3) is 10.8 Å². The van der Waals surface area contributed by atoms with E-state index in [0.717, 1.165) is 15.5 Å². The van der Waals surface area contributed by atoms with Gasteiger partial charge in [0, 0.05) is 28.4 Å². The van der Waals surface area contributed by atoms with E-state index in [0.29, 0.717) is 0 Å². The Morgan fingerprint density at radius 3 is 1.68 bits per heavy atom. The van der Waals surface area contributed by atoms with Gasteiger partial charge in [0.2, 0.25) is 0 Å². The van der Waals surface area contributed by atoms with Crippen LogP contribution in [0.4, 0.5) is 0 Å². The van der Waals surface area contributed by atoms with Crippen LogP contribution in [0.5, 0.6) is 0 Å². The first-order valence-corrected chi connectivity index (χ1v) is 10.8. The van der Waals surface area contributed by atoms with Crippen LogP contribution in [0.1, 0.15) is 47.0 Å². The predicted octanol–water partition coefficient (Wildman–Crippen LogP) is 1.13. The maximum absolute atomic E-state index is 13.5. The average molecular weight is 459 g/mol. The fourth-order valence-electron chi connectivity index (χ4n) is 4.65. The highest BCUT2D eigenvalue weighted by molar-refractivity contribution is 6.33. The van der Waals surface area contributed by atoms with Crippen LogP contribution in [0, 0.1) is 0 Å². The van der Waals surface area contributed by atoms with Crippen molar-refractivity contribution in [2.75, 3.05) is 19.8 Å². The minimum Gasteiger partial charge on any atom is -0.395 e. The number of nitrogens with zero attached hydrogens (tertiary/aromatic N) is 2. The molecule has 4 amide bonds. The van der Waals surface area contributed by atoms with E-state index in [9.17, 15) is 24.3 Å². The molecule has 0 saturated carbocycles. The Bertz CT molecular complexity index is 1280. The summed E-state index contributed by atoms with van der Waals surface area (Å²) in [5.74, 6) is -2.43. The molecule has 0 aliphatic carbocycles. The molecule has 34 heavy (non-hydrogen) atoms. The summed E-state index contributed by atoms with van der Waals surface area (Å²) in [6.07, 6.45) is 0.284. The van der Waals surface area contributed by atoms with E-state index < -0.39 is 36.3 Å². The number of nitrogens with one attached hydrogen (secondary N) is 1. The molecular formula is C25H21N3O6. The molecule has 3 aromatic carbocycles. The molecule has 0 aromatic heterocycles. The van der Waals surface area contributed by atoms with Gasteiger partial charge in [-0.25, -0.2) is 10.4 Å². The quantitative estimate of drug-likeness (QED) is 0.452. The van der Waals surface area contributed by atoms with Crippen molar-refractivity contribution in [1.29, 1.82) is 0 Å². The third-order valence-corrected chi connectivity index (χ3v) is 6.20. The van der Waals surface area contributed by atoms with E-state index in [4.69, 9.17) is 5.11 Å². The van der Waals surface area contributed by atoms with Crippen LogP contribution < -0.4 is 5.43 Å².